The van der Waals surface area contributed by atoms with Crippen LogP contribution in [-0.2, 0) is 11.2 Å². The molecule has 0 aliphatic heterocycles. The Morgan fingerprint density at radius 3 is 2.75 bits per heavy atom. The van der Waals surface area contributed by atoms with E-state index in [0.29, 0.717) is 6.54 Å². The van der Waals surface area contributed by atoms with Gasteiger partial charge in [-0.25, -0.2) is 4.98 Å². The number of thiazole rings is 1. The molecule has 1 amide bonds. The summed E-state index contributed by atoms with van der Waals surface area (Å²) in [5.74, 6) is 0.0565. The number of carbonyl (C=O) groups is 1. The molecule has 1 aromatic heterocycles. The van der Waals surface area contributed by atoms with Gasteiger partial charge in [0, 0.05) is 6.92 Å². The molecule has 0 radical (unpaired) electrons. The molecule has 0 spiro atoms. The standard InChI is InChI=1S/C15H21N3OS/c1-5-12-6-7-13-14(10-12)20-15(16-13)18(11(2)19)9-8-17(3)4/h6-7,10H,5,8-9H2,1-4H3/p+1. The number of hydrogen-bond acceptors (Lipinski definition) is 3. The van der Waals surface area contributed by atoms with Crippen LogP contribution in [0.2, 0.25) is 0 Å². The van der Waals surface area contributed by atoms with E-state index in [9.17, 15) is 4.79 Å². The van der Waals surface area contributed by atoms with Crippen molar-refractivity contribution in [3.63, 3.8) is 0 Å². The number of anilines is 1. The monoisotopic (exact) mass is 292 g/mol. The Hall–Kier alpha value is -1.46. The van der Waals surface area contributed by atoms with Crippen molar-refractivity contribution in [1.29, 1.82) is 0 Å². The fourth-order valence-electron chi connectivity index (χ4n) is 2.02. The van der Waals surface area contributed by atoms with Gasteiger partial charge in [-0.05, 0) is 24.1 Å². The van der Waals surface area contributed by atoms with Gasteiger partial charge in [-0.3, -0.25) is 9.69 Å². The SMILES string of the molecule is CCc1ccc2nc(N(CC[NH+](C)C)C(C)=O)sc2c1. The molecule has 0 bridgehead atoms. The Bertz CT molecular complexity index is 606. The van der Waals surface area contributed by atoms with E-state index in [1.54, 1.807) is 23.2 Å². The molecular weight excluding hydrogens is 270 g/mol. The molecule has 0 saturated carbocycles. The van der Waals surface area contributed by atoms with Crippen molar-refractivity contribution in [1.82, 2.24) is 4.98 Å². The maximum absolute atomic E-state index is 11.8. The maximum atomic E-state index is 11.8. The largest absolute Gasteiger partial charge is 0.338 e. The average molecular weight is 292 g/mol. The number of quaternary nitrogens is 1. The lowest BCUT2D eigenvalue weighted by atomic mass is 10.2. The van der Waals surface area contributed by atoms with Crippen LogP contribution in [0.5, 0.6) is 0 Å². The lowest BCUT2D eigenvalue weighted by Gasteiger charge is -2.18. The van der Waals surface area contributed by atoms with Crippen LogP contribution in [0, 0.1) is 0 Å². The number of aromatic nitrogens is 1. The number of aryl methyl sites for hydroxylation is 1. The molecule has 1 aromatic carbocycles. The summed E-state index contributed by atoms with van der Waals surface area (Å²) in [5.41, 5.74) is 2.28. The normalized spacial score (nSPS) is 11.2. The Morgan fingerprint density at radius 2 is 2.15 bits per heavy atom. The van der Waals surface area contributed by atoms with Crippen molar-refractivity contribution in [2.45, 2.75) is 20.3 Å². The van der Waals surface area contributed by atoms with Crippen LogP contribution in [0.3, 0.4) is 0 Å². The van der Waals surface area contributed by atoms with Gasteiger partial charge in [0.2, 0.25) is 5.91 Å². The summed E-state index contributed by atoms with van der Waals surface area (Å²) in [5, 5.41) is 0.807. The summed E-state index contributed by atoms with van der Waals surface area (Å²) in [7, 11) is 4.17. The molecule has 1 heterocycles. The summed E-state index contributed by atoms with van der Waals surface area (Å²) in [6, 6.07) is 6.32. The number of likely N-dealkylation sites (N-methyl/N-ethyl adjacent to an activating group) is 1. The molecule has 1 N–H and O–H groups in total. The molecule has 2 rings (SSSR count). The third kappa shape index (κ3) is 3.35. The summed E-state index contributed by atoms with van der Waals surface area (Å²) >= 11 is 1.60. The summed E-state index contributed by atoms with van der Waals surface area (Å²) in [4.78, 5) is 19.5. The zero-order chi connectivity index (χ0) is 14.7. The molecule has 108 valence electrons. The average Bonchev–Trinajstić information content (AvgIpc) is 2.80. The molecule has 5 heteroatoms. The molecule has 4 nitrogen and oxygen atoms in total. The second-order valence-corrected chi connectivity index (χ2v) is 6.29. The van der Waals surface area contributed by atoms with Gasteiger partial charge in [0.1, 0.15) is 0 Å². The molecule has 0 aliphatic carbocycles. The Morgan fingerprint density at radius 1 is 1.40 bits per heavy atom. The highest BCUT2D eigenvalue weighted by atomic mass is 32.1. The lowest BCUT2D eigenvalue weighted by molar-refractivity contribution is -0.856. The van der Waals surface area contributed by atoms with Crippen LogP contribution in [0.15, 0.2) is 18.2 Å². The van der Waals surface area contributed by atoms with E-state index < -0.39 is 0 Å². The number of nitrogens with one attached hydrogen (secondary N) is 1. The van der Waals surface area contributed by atoms with Gasteiger partial charge < -0.3 is 4.90 Å². The van der Waals surface area contributed by atoms with Crippen LogP contribution in [0.25, 0.3) is 10.2 Å². The van der Waals surface area contributed by atoms with Gasteiger partial charge in [-0.2, -0.15) is 0 Å². The maximum Gasteiger partial charge on any atom is 0.225 e. The van der Waals surface area contributed by atoms with E-state index in [2.05, 4.69) is 38.1 Å². The number of benzene rings is 1. The highest BCUT2D eigenvalue weighted by Gasteiger charge is 2.17. The third-order valence-corrected chi connectivity index (χ3v) is 4.34. The minimum Gasteiger partial charge on any atom is -0.338 e. The highest BCUT2D eigenvalue weighted by molar-refractivity contribution is 7.22. The molecule has 0 fully saturated rings. The summed E-state index contributed by atoms with van der Waals surface area (Å²) in [6.45, 7) is 5.37. The van der Waals surface area contributed by atoms with Gasteiger partial charge in [0.05, 0.1) is 37.4 Å². The zero-order valence-corrected chi connectivity index (χ0v) is 13.4. The van der Waals surface area contributed by atoms with Crippen LogP contribution < -0.4 is 9.80 Å². The van der Waals surface area contributed by atoms with Crippen molar-refractivity contribution >= 4 is 32.6 Å². The Kier molecular flexibility index (Phi) is 4.73. The number of nitrogens with zero attached hydrogens (tertiary/aromatic N) is 2. The predicted octanol–water partition coefficient (Wildman–Crippen LogP) is 1.36. The van der Waals surface area contributed by atoms with Crippen molar-refractivity contribution in [3.8, 4) is 0 Å². The highest BCUT2D eigenvalue weighted by Crippen LogP contribution is 2.29. The molecule has 0 saturated heterocycles. The second-order valence-electron chi connectivity index (χ2n) is 5.28. The molecule has 20 heavy (non-hydrogen) atoms. The first-order valence-corrected chi connectivity index (χ1v) is 7.79. The smallest absolute Gasteiger partial charge is 0.225 e. The van der Waals surface area contributed by atoms with Gasteiger partial charge in [0.25, 0.3) is 0 Å². The molecule has 0 atom stereocenters. The Labute approximate surface area is 124 Å². The second kappa shape index (κ2) is 6.33. The number of fused-ring (bicyclic) bond motifs is 1. The van der Waals surface area contributed by atoms with Crippen LogP contribution in [0.1, 0.15) is 19.4 Å². The topological polar surface area (TPSA) is 37.6 Å². The number of hydrogen-bond donors (Lipinski definition) is 1. The van der Waals surface area contributed by atoms with E-state index in [-0.39, 0.29) is 5.91 Å². The molecular formula is C15H22N3OS+. The first-order valence-electron chi connectivity index (χ1n) is 6.98. The van der Waals surface area contributed by atoms with Crippen molar-refractivity contribution in [2.75, 3.05) is 32.1 Å². The zero-order valence-electron chi connectivity index (χ0n) is 12.6. The van der Waals surface area contributed by atoms with E-state index in [4.69, 9.17) is 0 Å². The summed E-state index contributed by atoms with van der Waals surface area (Å²) in [6.07, 6.45) is 1.02. The van der Waals surface area contributed by atoms with Gasteiger partial charge in [0.15, 0.2) is 5.13 Å². The summed E-state index contributed by atoms with van der Waals surface area (Å²) < 4.78 is 1.16. The van der Waals surface area contributed by atoms with Crippen molar-refractivity contribution in [3.05, 3.63) is 23.8 Å². The van der Waals surface area contributed by atoms with Gasteiger partial charge in [-0.15, -0.1) is 0 Å². The number of rotatable bonds is 5. The minimum atomic E-state index is 0.0565. The first kappa shape index (κ1) is 14.9. The fourth-order valence-corrected chi connectivity index (χ4v) is 3.11. The van der Waals surface area contributed by atoms with Crippen LogP contribution in [-0.4, -0.2) is 38.1 Å². The Balaban J connectivity index is 2.31. The number of amides is 1. The van der Waals surface area contributed by atoms with Crippen molar-refractivity contribution in [2.24, 2.45) is 0 Å². The van der Waals surface area contributed by atoms with Crippen molar-refractivity contribution < 1.29 is 9.69 Å². The molecule has 0 aliphatic rings. The fraction of sp³-hybridized carbons (Fsp3) is 0.467. The van der Waals surface area contributed by atoms with E-state index in [1.165, 1.54) is 10.5 Å². The van der Waals surface area contributed by atoms with Crippen LogP contribution in [0.4, 0.5) is 5.13 Å². The molecule has 0 unspecified atom stereocenters. The predicted molar refractivity (Wildman–Crippen MR) is 84.7 cm³/mol. The van der Waals surface area contributed by atoms with E-state index >= 15 is 0 Å². The minimum absolute atomic E-state index is 0.0565. The van der Waals surface area contributed by atoms with Gasteiger partial charge >= 0.3 is 0 Å². The van der Waals surface area contributed by atoms with E-state index in [0.717, 1.165) is 28.3 Å². The van der Waals surface area contributed by atoms with E-state index in [1.807, 2.05) is 6.07 Å². The first-order chi connectivity index (χ1) is 9.51. The quantitative estimate of drug-likeness (QED) is 0.903. The molecule has 2 aromatic rings. The van der Waals surface area contributed by atoms with Crippen LogP contribution >= 0.6 is 11.3 Å². The number of carbonyl (C=O) groups excluding carboxylic acids is 1. The van der Waals surface area contributed by atoms with Gasteiger partial charge in [-0.1, -0.05) is 24.3 Å². The lowest BCUT2D eigenvalue weighted by Crippen LogP contribution is -3.06. The third-order valence-electron chi connectivity index (χ3n) is 3.30.